The molecule has 0 saturated carbocycles. The van der Waals surface area contributed by atoms with Crippen molar-refractivity contribution < 1.29 is 18.0 Å². The van der Waals surface area contributed by atoms with Gasteiger partial charge in [0.25, 0.3) is 0 Å². The monoisotopic (exact) mass is 244 g/mol. The summed E-state index contributed by atoms with van der Waals surface area (Å²) in [6, 6.07) is 3.80. The van der Waals surface area contributed by atoms with Crippen molar-refractivity contribution in [1.82, 2.24) is 5.32 Å². The lowest BCUT2D eigenvalue weighted by Crippen LogP contribution is -2.14. The fourth-order valence-electron chi connectivity index (χ4n) is 1.91. The Morgan fingerprint density at radius 3 is 2.59 bits per heavy atom. The number of rotatable bonds is 1. The maximum Gasteiger partial charge on any atom is 0.418 e. The number of hydrogen-bond donors (Lipinski definition) is 2. The largest absolute Gasteiger partial charge is 0.418 e. The summed E-state index contributed by atoms with van der Waals surface area (Å²) >= 11 is 0. The van der Waals surface area contributed by atoms with E-state index in [9.17, 15) is 18.0 Å². The molecule has 0 radical (unpaired) electrons. The average Bonchev–Trinajstić information content (AvgIpc) is 2.64. The number of hydrogen-bond acceptors (Lipinski definition) is 2. The van der Waals surface area contributed by atoms with Crippen molar-refractivity contribution in [2.45, 2.75) is 18.5 Å². The van der Waals surface area contributed by atoms with Crippen LogP contribution in [0, 0.1) is 0 Å². The molecule has 0 aliphatic carbocycles. The molecule has 6 heteroatoms. The summed E-state index contributed by atoms with van der Waals surface area (Å²) in [5.74, 6) is -0.343. The highest BCUT2D eigenvalue weighted by Crippen LogP contribution is 2.36. The van der Waals surface area contributed by atoms with Crippen molar-refractivity contribution in [2.24, 2.45) is 0 Å². The number of carbonyl (C=O) groups excluding carboxylic acids is 1. The first kappa shape index (κ1) is 11.8. The lowest BCUT2D eigenvalue weighted by molar-refractivity contribution is -0.137. The van der Waals surface area contributed by atoms with E-state index in [0.717, 1.165) is 6.07 Å². The molecule has 1 fully saturated rings. The number of benzene rings is 1. The van der Waals surface area contributed by atoms with Gasteiger partial charge in [0.2, 0.25) is 5.91 Å². The average molecular weight is 244 g/mol. The summed E-state index contributed by atoms with van der Waals surface area (Å²) in [6.07, 6.45) is -4.24. The van der Waals surface area contributed by atoms with E-state index in [1.165, 1.54) is 12.1 Å². The Hall–Kier alpha value is -1.72. The fourth-order valence-corrected chi connectivity index (χ4v) is 1.91. The van der Waals surface area contributed by atoms with Gasteiger partial charge < -0.3 is 11.1 Å². The van der Waals surface area contributed by atoms with E-state index >= 15 is 0 Å². The van der Waals surface area contributed by atoms with Gasteiger partial charge in [-0.05, 0) is 17.7 Å². The maximum absolute atomic E-state index is 12.6. The summed E-state index contributed by atoms with van der Waals surface area (Å²) in [7, 11) is 0. The number of halogens is 3. The van der Waals surface area contributed by atoms with Crippen molar-refractivity contribution in [3.05, 3.63) is 29.3 Å². The van der Waals surface area contributed by atoms with Gasteiger partial charge in [-0.25, -0.2) is 0 Å². The lowest BCUT2D eigenvalue weighted by atomic mass is 9.95. The Morgan fingerprint density at radius 1 is 1.35 bits per heavy atom. The number of nitrogen functional groups attached to an aromatic ring is 1. The third-order valence-corrected chi connectivity index (χ3v) is 2.83. The van der Waals surface area contributed by atoms with Gasteiger partial charge in [-0.3, -0.25) is 4.79 Å². The number of nitrogens with two attached hydrogens (primary N) is 1. The molecule has 1 aliphatic rings. The van der Waals surface area contributed by atoms with Gasteiger partial charge in [0.05, 0.1) is 5.56 Å². The second-order valence-corrected chi connectivity index (χ2v) is 4.05. The normalized spacial score (nSPS) is 20.4. The van der Waals surface area contributed by atoms with Crippen LogP contribution < -0.4 is 11.1 Å². The number of anilines is 1. The molecular formula is C11H11F3N2O. The van der Waals surface area contributed by atoms with Gasteiger partial charge in [-0.15, -0.1) is 0 Å². The Balaban J connectivity index is 2.34. The molecule has 0 unspecified atom stereocenters. The second kappa shape index (κ2) is 3.94. The molecule has 0 bridgehead atoms. The first-order chi connectivity index (χ1) is 7.88. The standard InChI is InChI=1S/C11H11F3N2O/c12-11(13,14)8-3-6(1-2-9(8)15)7-4-10(17)16-5-7/h1-3,7H,4-5,15H2,(H,16,17)/t7-/m1/s1. The van der Waals surface area contributed by atoms with E-state index < -0.39 is 11.7 Å². The van der Waals surface area contributed by atoms with E-state index in [4.69, 9.17) is 5.73 Å². The van der Waals surface area contributed by atoms with Crippen molar-refractivity contribution in [3.8, 4) is 0 Å². The molecule has 1 aromatic carbocycles. The van der Waals surface area contributed by atoms with Crippen LogP contribution in [0.4, 0.5) is 18.9 Å². The van der Waals surface area contributed by atoms with Gasteiger partial charge in [0, 0.05) is 24.6 Å². The summed E-state index contributed by atoms with van der Waals surface area (Å²) < 4.78 is 37.9. The molecule has 3 nitrogen and oxygen atoms in total. The molecule has 92 valence electrons. The summed E-state index contributed by atoms with van der Waals surface area (Å²) in [5.41, 5.74) is 4.66. The molecule has 3 N–H and O–H groups in total. The molecule has 2 rings (SSSR count). The van der Waals surface area contributed by atoms with Crippen LogP contribution in [0.15, 0.2) is 18.2 Å². The minimum absolute atomic E-state index is 0.139. The third kappa shape index (κ3) is 2.35. The molecule has 0 aromatic heterocycles. The number of alkyl halides is 3. The Labute approximate surface area is 95.8 Å². The Bertz CT molecular complexity index is 457. The highest BCUT2D eigenvalue weighted by molar-refractivity contribution is 5.79. The highest BCUT2D eigenvalue weighted by atomic mass is 19.4. The SMILES string of the molecule is Nc1ccc([C@H]2CNC(=O)C2)cc1C(F)(F)F. The molecule has 1 heterocycles. The second-order valence-electron chi connectivity index (χ2n) is 4.05. The summed E-state index contributed by atoms with van der Waals surface area (Å²) in [6.45, 7) is 0.375. The van der Waals surface area contributed by atoms with Crippen molar-refractivity contribution in [1.29, 1.82) is 0 Å². The van der Waals surface area contributed by atoms with E-state index in [1.54, 1.807) is 0 Å². The van der Waals surface area contributed by atoms with Gasteiger partial charge >= 0.3 is 6.18 Å². The summed E-state index contributed by atoms with van der Waals surface area (Å²) in [5, 5.41) is 2.59. The maximum atomic E-state index is 12.6. The van der Waals surface area contributed by atoms with Crippen molar-refractivity contribution >= 4 is 11.6 Å². The molecule has 17 heavy (non-hydrogen) atoms. The molecule has 1 amide bonds. The van der Waals surface area contributed by atoms with E-state index in [-0.39, 0.29) is 23.9 Å². The number of nitrogens with one attached hydrogen (secondary N) is 1. The zero-order valence-corrected chi connectivity index (χ0v) is 8.84. The van der Waals surface area contributed by atoms with Crippen molar-refractivity contribution in [2.75, 3.05) is 12.3 Å². The molecular weight excluding hydrogens is 233 g/mol. The van der Waals surface area contributed by atoms with Crippen LogP contribution in [0.25, 0.3) is 0 Å². The van der Waals surface area contributed by atoms with Crippen LogP contribution in [-0.2, 0) is 11.0 Å². The Morgan fingerprint density at radius 2 is 2.06 bits per heavy atom. The fraction of sp³-hybridized carbons (Fsp3) is 0.364. The minimum Gasteiger partial charge on any atom is -0.398 e. The van der Waals surface area contributed by atoms with Crippen LogP contribution in [-0.4, -0.2) is 12.5 Å². The molecule has 1 aliphatic heterocycles. The van der Waals surface area contributed by atoms with Gasteiger partial charge in [0.15, 0.2) is 0 Å². The van der Waals surface area contributed by atoms with Gasteiger partial charge in [0.1, 0.15) is 0 Å². The first-order valence-corrected chi connectivity index (χ1v) is 5.11. The van der Waals surface area contributed by atoms with Gasteiger partial charge in [-0.1, -0.05) is 6.07 Å². The predicted molar refractivity (Wildman–Crippen MR) is 56.2 cm³/mol. The van der Waals surface area contributed by atoms with Crippen LogP contribution >= 0.6 is 0 Å². The topological polar surface area (TPSA) is 55.1 Å². The van der Waals surface area contributed by atoms with Crippen molar-refractivity contribution in [3.63, 3.8) is 0 Å². The Kier molecular flexibility index (Phi) is 2.73. The third-order valence-electron chi connectivity index (χ3n) is 2.83. The van der Waals surface area contributed by atoms with Crippen LogP contribution in [0.3, 0.4) is 0 Å². The van der Waals surface area contributed by atoms with Gasteiger partial charge in [-0.2, -0.15) is 13.2 Å². The predicted octanol–water partition coefficient (Wildman–Crippen LogP) is 1.89. The molecule has 0 spiro atoms. The van der Waals surface area contributed by atoms with E-state index in [0.29, 0.717) is 12.1 Å². The quantitative estimate of drug-likeness (QED) is 0.741. The van der Waals surface area contributed by atoms with E-state index in [2.05, 4.69) is 5.32 Å². The summed E-state index contributed by atoms with van der Waals surface area (Å²) in [4.78, 5) is 11.0. The molecule has 1 atom stereocenters. The highest BCUT2D eigenvalue weighted by Gasteiger charge is 2.34. The number of carbonyl (C=O) groups is 1. The zero-order chi connectivity index (χ0) is 12.6. The van der Waals surface area contributed by atoms with Crippen LogP contribution in [0.5, 0.6) is 0 Å². The zero-order valence-electron chi connectivity index (χ0n) is 8.84. The minimum atomic E-state index is -4.46. The van der Waals surface area contributed by atoms with Crippen LogP contribution in [0.2, 0.25) is 0 Å². The smallest absolute Gasteiger partial charge is 0.398 e. The van der Waals surface area contributed by atoms with E-state index in [1.807, 2.05) is 0 Å². The molecule has 1 aromatic rings. The first-order valence-electron chi connectivity index (χ1n) is 5.11. The number of amides is 1. The molecule has 1 saturated heterocycles. The lowest BCUT2D eigenvalue weighted by Gasteiger charge is -2.14. The van der Waals surface area contributed by atoms with Crippen LogP contribution in [0.1, 0.15) is 23.5 Å².